The lowest BCUT2D eigenvalue weighted by molar-refractivity contribution is 0.0151. The normalized spacial score (nSPS) is 12.8. The second-order valence-electron chi connectivity index (χ2n) is 4.27. The molecule has 20 heavy (non-hydrogen) atoms. The molecule has 2 N–H and O–H groups in total. The minimum Gasteiger partial charge on any atom is -0.375 e. The highest BCUT2D eigenvalue weighted by Gasteiger charge is 2.14. The first kappa shape index (κ1) is 14.5. The summed E-state index contributed by atoms with van der Waals surface area (Å²) >= 11 is 0. The molecule has 1 aromatic carbocycles. The number of aromatic nitrogens is 3. The van der Waals surface area contributed by atoms with E-state index in [0.29, 0.717) is 6.42 Å². The third-order valence-corrected chi connectivity index (χ3v) is 2.77. The molecule has 0 amide bonds. The highest BCUT2D eigenvalue weighted by molar-refractivity contribution is 5.32. The van der Waals surface area contributed by atoms with Crippen LogP contribution in [0.5, 0.6) is 0 Å². The Labute approximate surface area is 115 Å². The summed E-state index contributed by atoms with van der Waals surface area (Å²) in [5.74, 6) is 0. The molecular formula is C13H16F2N4O. The van der Waals surface area contributed by atoms with Gasteiger partial charge in [-0.1, -0.05) is 23.4 Å². The molecule has 1 atom stereocenters. The van der Waals surface area contributed by atoms with Crippen molar-refractivity contribution in [3.8, 4) is 5.69 Å². The van der Waals surface area contributed by atoms with Crippen molar-refractivity contribution in [2.45, 2.75) is 18.9 Å². The summed E-state index contributed by atoms with van der Waals surface area (Å²) in [5.41, 5.74) is 7.60. The number of nitrogens with zero attached hydrogens (tertiary/aromatic N) is 3. The molecule has 108 valence electrons. The van der Waals surface area contributed by atoms with E-state index in [9.17, 15) is 8.78 Å². The maximum absolute atomic E-state index is 11.9. The van der Waals surface area contributed by atoms with Crippen LogP contribution in [0.3, 0.4) is 0 Å². The van der Waals surface area contributed by atoms with Gasteiger partial charge in [-0.15, -0.1) is 5.10 Å². The van der Waals surface area contributed by atoms with Crippen molar-refractivity contribution in [3.63, 3.8) is 0 Å². The highest BCUT2D eigenvalue weighted by Crippen LogP contribution is 2.16. The van der Waals surface area contributed by atoms with E-state index in [4.69, 9.17) is 10.5 Å². The molecule has 2 aromatic rings. The van der Waals surface area contributed by atoms with E-state index < -0.39 is 13.0 Å². The van der Waals surface area contributed by atoms with E-state index in [0.717, 1.165) is 11.4 Å². The molecule has 0 aliphatic heterocycles. The van der Waals surface area contributed by atoms with Crippen LogP contribution in [-0.4, -0.2) is 34.6 Å². The summed E-state index contributed by atoms with van der Waals surface area (Å²) in [6, 6.07) is 9.08. The van der Waals surface area contributed by atoms with Crippen LogP contribution in [0.25, 0.3) is 5.69 Å². The summed E-state index contributed by atoms with van der Waals surface area (Å²) in [7, 11) is 0. The van der Waals surface area contributed by atoms with Gasteiger partial charge in [-0.25, -0.2) is 13.5 Å². The predicted octanol–water partition coefficient (Wildman–Crippen LogP) is 1.94. The molecule has 7 heteroatoms. The first-order valence-corrected chi connectivity index (χ1v) is 6.26. The monoisotopic (exact) mass is 282 g/mol. The molecule has 1 aromatic heterocycles. The van der Waals surface area contributed by atoms with E-state index in [-0.39, 0.29) is 12.6 Å². The minimum absolute atomic E-state index is 0.172. The molecule has 0 saturated carbocycles. The molecule has 1 heterocycles. The first-order valence-electron chi connectivity index (χ1n) is 6.26. The number of rotatable bonds is 7. The van der Waals surface area contributed by atoms with Gasteiger partial charge in [0, 0.05) is 6.61 Å². The van der Waals surface area contributed by atoms with Crippen molar-refractivity contribution in [1.29, 1.82) is 0 Å². The molecule has 0 fully saturated rings. The van der Waals surface area contributed by atoms with Gasteiger partial charge in [0.2, 0.25) is 0 Å². The van der Waals surface area contributed by atoms with E-state index >= 15 is 0 Å². The Balaban J connectivity index is 1.97. The molecule has 0 bridgehead atoms. The third-order valence-electron chi connectivity index (χ3n) is 2.77. The Bertz CT molecular complexity index is 518. The highest BCUT2D eigenvalue weighted by atomic mass is 19.3. The predicted molar refractivity (Wildman–Crippen MR) is 69.7 cm³/mol. The lowest BCUT2D eigenvalue weighted by atomic mass is 10.1. The van der Waals surface area contributed by atoms with Crippen LogP contribution < -0.4 is 5.73 Å². The number of ether oxygens (including phenoxy) is 1. The maximum Gasteiger partial charge on any atom is 0.261 e. The van der Waals surface area contributed by atoms with Gasteiger partial charge in [0.05, 0.1) is 23.6 Å². The van der Waals surface area contributed by atoms with Crippen LogP contribution in [0.2, 0.25) is 0 Å². The van der Waals surface area contributed by atoms with Crippen LogP contribution in [-0.2, 0) is 4.74 Å². The van der Waals surface area contributed by atoms with Gasteiger partial charge in [-0.3, -0.25) is 0 Å². The number of benzene rings is 1. The number of alkyl halides is 2. The summed E-state index contributed by atoms with van der Waals surface area (Å²) in [6.07, 6.45) is -0.458. The van der Waals surface area contributed by atoms with Gasteiger partial charge in [0.1, 0.15) is 6.61 Å². The maximum atomic E-state index is 11.9. The number of para-hydroxylation sites is 1. The van der Waals surface area contributed by atoms with Crippen molar-refractivity contribution in [2.75, 3.05) is 13.2 Å². The van der Waals surface area contributed by atoms with Gasteiger partial charge >= 0.3 is 0 Å². The molecule has 0 saturated heterocycles. The Morgan fingerprint density at radius 1 is 1.25 bits per heavy atom. The van der Waals surface area contributed by atoms with Crippen LogP contribution >= 0.6 is 0 Å². The Kier molecular flexibility index (Phi) is 5.14. The number of nitrogens with two attached hydrogens (primary N) is 1. The second-order valence-corrected chi connectivity index (χ2v) is 4.27. The number of halogens is 2. The number of hydrogen-bond donors (Lipinski definition) is 1. The fraction of sp³-hybridized carbons (Fsp3) is 0.385. The molecule has 0 spiro atoms. The summed E-state index contributed by atoms with van der Waals surface area (Å²) < 4.78 is 30.3. The van der Waals surface area contributed by atoms with Crippen LogP contribution in [0.1, 0.15) is 18.2 Å². The average Bonchev–Trinajstić information content (AvgIpc) is 2.93. The zero-order valence-electron chi connectivity index (χ0n) is 10.8. The SMILES string of the molecule is NC(CCOCC(F)F)c1cnnn1-c1ccccc1. The zero-order chi connectivity index (χ0) is 14.4. The molecule has 5 nitrogen and oxygen atoms in total. The fourth-order valence-corrected chi connectivity index (χ4v) is 1.80. The van der Waals surface area contributed by atoms with E-state index in [2.05, 4.69) is 10.3 Å². The zero-order valence-corrected chi connectivity index (χ0v) is 10.8. The lowest BCUT2D eigenvalue weighted by Crippen LogP contribution is -2.18. The Morgan fingerprint density at radius 3 is 2.70 bits per heavy atom. The molecule has 0 aliphatic carbocycles. The molecule has 0 aliphatic rings. The average molecular weight is 282 g/mol. The number of hydrogen-bond acceptors (Lipinski definition) is 4. The first-order chi connectivity index (χ1) is 9.68. The second kappa shape index (κ2) is 7.06. The van der Waals surface area contributed by atoms with Crippen LogP contribution in [0, 0.1) is 0 Å². The Morgan fingerprint density at radius 2 is 2.00 bits per heavy atom. The van der Waals surface area contributed by atoms with Crippen molar-refractivity contribution >= 4 is 0 Å². The van der Waals surface area contributed by atoms with Crippen molar-refractivity contribution in [3.05, 3.63) is 42.2 Å². The largest absolute Gasteiger partial charge is 0.375 e. The van der Waals surface area contributed by atoms with Crippen molar-refractivity contribution in [1.82, 2.24) is 15.0 Å². The van der Waals surface area contributed by atoms with Gasteiger partial charge in [-0.05, 0) is 18.6 Å². The van der Waals surface area contributed by atoms with E-state index in [1.54, 1.807) is 10.9 Å². The summed E-state index contributed by atoms with van der Waals surface area (Å²) in [6.45, 7) is -0.394. The van der Waals surface area contributed by atoms with Gasteiger partial charge in [-0.2, -0.15) is 0 Å². The smallest absolute Gasteiger partial charge is 0.261 e. The standard InChI is InChI=1S/C13H16F2N4O/c14-13(15)9-20-7-6-11(16)12-8-17-18-19(12)10-4-2-1-3-5-10/h1-5,8,11,13H,6-7,9,16H2. The quantitative estimate of drug-likeness (QED) is 0.788. The van der Waals surface area contributed by atoms with E-state index in [1.165, 1.54) is 0 Å². The summed E-state index contributed by atoms with van der Waals surface area (Å²) in [5, 5.41) is 7.84. The fourth-order valence-electron chi connectivity index (χ4n) is 1.80. The third kappa shape index (κ3) is 3.82. The topological polar surface area (TPSA) is 66.0 Å². The van der Waals surface area contributed by atoms with Gasteiger partial charge in [0.25, 0.3) is 6.43 Å². The molecule has 1 unspecified atom stereocenters. The molecular weight excluding hydrogens is 266 g/mol. The van der Waals surface area contributed by atoms with Crippen molar-refractivity contribution in [2.24, 2.45) is 5.73 Å². The minimum atomic E-state index is -2.46. The Hall–Kier alpha value is -1.86. The van der Waals surface area contributed by atoms with Crippen molar-refractivity contribution < 1.29 is 13.5 Å². The lowest BCUT2D eigenvalue weighted by Gasteiger charge is -2.13. The van der Waals surface area contributed by atoms with Gasteiger partial charge < -0.3 is 10.5 Å². The summed E-state index contributed by atoms with van der Waals surface area (Å²) in [4.78, 5) is 0. The van der Waals surface area contributed by atoms with Crippen LogP contribution in [0.15, 0.2) is 36.5 Å². The van der Waals surface area contributed by atoms with Gasteiger partial charge in [0.15, 0.2) is 0 Å². The van der Waals surface area contributed by atoms with Crippen LogP contribution in [0.4, 0.5) is 8.78 Å². The molecule has 2 rings (SSSR count). The van der Waals surface area contributed by atoms with E-state index in [1.807, 2.05) is 30.3 Å². The molecule has 0 radical (unpaired) electrons.